The molecule has 4 heteroatoms. The summed E-state index contributed by atoms with van der Waals surface area (Å²) >= 11 is 0. The maximum Gasteiger partial charge on any atom is 0.162 e. The number of aromatic hydroxyl groups is 1. The normalized spacial score (nSPS) is 12.9. The second-order valence-electron chi connectivity index (χ2n) is 2.84. The van der Waals surface area contributed by atoms with E-state index in [-0.39, 0.29) is 11.3 Å². The van der Waals surface area contributed by atoms with Gasteiger partial charge in [-0.15, -0.1) is 0 Å². The van der Waals surface area contributed by atoms with Gasteiger partial charge in [-0.1, -0.05) is 6.92 Å². The highest BCUT2D eigenvalue weighted by atomic mass is 19.2. The summed E-state index contributed by atoms with van der Waals surface area (Å²) in [6.45, 7) is 1.80. The van der Waals surface area contributed by atoms with Crippen LogP contribution in [0.15, 0.2) is 12.1 Å². The average Bonchev–Trinajstić information content (AvgIpc) is 2.10. The Bertz CT molecular complexity index is 315. The first-order valence-electron chi connectivity index (χ1n) is 3.99. The zero-order valence-corrected chi connectivity index (χ0v) is 7.22. The molecule has 0 aliphatic heterocycles. The van der Waals surface area contributed by atoms with Crippen molar-refractivity contribution in [2.45, 2.75) is 19.4 Å². The molecule has 3 N–H and O–H groups in total. The van der Waals surface area contributed by atoms with Crippen molar-refractivity contribution >= 4 is 0 Å². The van der Waals surface area contributed by atoms with Crippen molar-refractivity contribution in [3.8, 4) is 5.75 Å². The van der Waals surface area contributed by atoms with E-state index in [9.17, 15) is 13.9 Å². The smallest absolute Gasteiger partial charge is 0.162 e. The van der Waals surface area contributed by atoms with Crippen molar-refractivity contribution in [3.63, 3.8) is 0 Å². The molecule has 1 aromatic carbocycles. The van der Waals surface area contributed by atoms with Crippen LogP contribution in [0.1, 0.15) is 24.9 Å². The predicted molar refractivity (Wildman–Crippen MR) is 45.2 cm³/mol. The van der Waals surface area contributed by atoms with Gasteiger partial charge < -0.3 is 10.8 Å². The van der Waals surface area contributed by atoms with Crippen LogP contribution in [0.4, 0.5) is 8.78 Å². The van der Waals surface area contributed by atoms with Crippen molar-refractivity contribution < 1.29 is 13.9 Å². The van der Waals surface area contributed by atoms with Gasteiger partial charge in [-0.25, -0.2) is 8.78 Å². The lowest BCUT2D eigenvalue weighted by atomic mass is 10.0. The van der Waals surface area contributed by atoms with Gasteiger partial charge in [0, 0.05) is 17.7 Å². The summed E-state index contributed by atoms with van der Waals surface area (Å²) in [6.07, 6.45) is 0.554. The van der Waals surface area contributed by atoms with Crippen LogP contribution in [-0.4, -0.2) is 5.11 Å². The van der Waals surface area contributed by atoms with Crippen LogP contribution in [0.3, 0.4) is 0 Å². The highest BCUT2D eigenvalue weighted by Gasteiger charge is 2.13. The van der Waals surface area contributed by atoms with Crippen LogP contribution in [0.25, 0.3) is 0 Å². The quantitative estimate of drug-likeness (QED) is 0.744. The van der Waals surface area contributed by atoms with Gasteiger partial charge in [-0.05, 0) is 12.5 Å². The van der Waals surface area contributed by atoms with Crippen LogP contribution >= 0.6 is 0 Å². The number of rotatable bonds is 2. The molecule has 1 rings (SSSR count). The Balaban J connectivity index is 3.15. The lowest BCUT2D eigenvalue weighted by molar-refractivity contribution is 0.440. The van der Waals surface area contributed by atoms with Gasteiger partial charge >= 0.3 is 0 Å². The van der Waals surface area contributed by atoms with Crippen molar-refractivity contribution in [1.29, 1.82) is 0 Å². The summed E-state index contributed by atoms with van der Waals surface area (Å²) in [5.41, 5.74) is 5.80. The first-order valence-corrected chi connectivity index (χ1v) is 3.99. The number of phenols is 1. The van der Waals surface area contributed by atoms with Crippen molar-refractivity contribution in [3.05, 3.63) is 29.3 Å². The van der Waals surface area contributed by atoms with Crippen LogP contribution in [0.5, 0.6) is 5.75 Å². The Kier molecular flexibility index (Phi) is 2.83. The molecule has 0 spiro atoms. The summed E-state index contributed by atoms with van der Waals surface area (Å²) < 4.78 is 25.3. The highest BCUT2D eigenvalue weighted by molar-refractivity contribution is 5.35. The van der Waals surface area contributed by atoms with Crippen LogP contribution < -0.4 is 5.73 Å². The molecular formula is C9H11F2NO. The van der Waals surface area contributed by atoms with Gasteiger partial charge in [0.1, 0.15) is 5.75 Å². The lowest BCUT2D eigenvalue weighted by Gasteiger charge is -2.11. The minimum Gasteiger partial charge on any atom is -0.507 e. The number of phenolic OH excluding ortho intramolecular Hbond substituents is 1. The fourth-order valence-corrected chi connectivity index (χ4v) is 1.07. The minimum atomic E-state index is -1.07. The molecule has 72 valence electrons. The largest absolute Gasteiger partial charge is 0.507 e. The van der Waals surface area contributed by atoms with Gasteiger partial charge in [-0.2, -0.15) is 0 Å². The van der Waals surface area contributed by atoms with Crippen LogP contribution in [-0.2, 0) is 0 Å². The molecule has 1 atom stereocenters. The monoisotopic (exact) mass is 187 g/mol. The van der Waals surface area contributed by atoms with E-state index in [1.807, 2.05) is 0 Å². The molecule has 0 aliphatic carbocycles. The third-order valence-electron chi connectivity index (χ3n) is 1.91. The Labute approximate surface area is 75.0 Å². The lowest BCUT2D eigenvalue weighted by Crippen LogP contribution is -2.09. The Hall–Kier alpha value is -1.16. The second-order valence-corrected chi connectivity index (χ2v) is 2.84. The number of halogens is 2. The Morgan fingerprint density at radius 1 is 1.38 bits per heavy atom. The summed E-state index contributed by atoms with van der Waals surface area (Å²) in [4.78, 5) is 0. The molecular weight excluding hydrogens is 176 g/mol. The van der Waals surface area contributed by atoms with Crippen LogP contribution in [0, 0.1) is 11.6 Å². The standard InChI is InChI=1S/C9H11F2NO/c1-2-8(12)5-3-6(10)7(11)4-9(5)13/h3-4,8,13H,2,12H2,1H3/t8-/m1/s1. The number of benzene rings is 1. The Morgan fingerprint density at radius 3 is 2.46 bits per heavy atom. The zero-order chi connectivity index (χ0) is 10.0. The molecule has 0 heterocycles. The fourth-order valence-electron chi connectivity index (χ4n) is 1.07. The number of hydrogen-bond donors (Lipinski definition) is 2. The molecule has 0 saturated carbocycles. The topological polar surface area (TPSA) is 46.2 Å². The summed E-state index contributed by atoms with van der Waals surface area (Å²) in [7, 11) is 0. The number of nitrogens with two attached hydrogens (primary N) is 1. The van der Waals surface area contributed by atoms with Crippen molar-refractivity contribution in [1.82, 2.24) is 0 Å². The highest BCUT2D eigenvalue weighted by Crippen LogP contribution is 2.26. The fraction of sp³-hybridized carbons (Fsp3) is 0.333. The minimum absolute atomic E-state index is 0.237. The molecule has 0 fully saturated rings. The summed E-state index contributed by atoms with van der Waals surface area (Å²) in [6, 6.07) is 1.20. The molecule has 0 saturated heterocycles. The predicted octanol–water partition coefficient (Wildman–Crippen LogP) is 2.08. The first-order chi connectivity index (χ1) is 6.06. The van der Waals surface area contributed by atoms with Gasteiger partial charge in [0.05, 0.1) is 0 Å². The van der Waals surface area contributed by atoms with E-state index in [0.29, 0.717) is 6.42 Å². The molecule has 0 radical (unpaired) electrons. The van der Waals surface area contributed by atoms with E-state index >= 15 is 0 Å². The van der Waals surface area contributed by atoms with E-state index in [4.69, 9.17) is 5.73 Å². The first kappa shape index (κ1) is 9.92. The Morgan fingerprint density at radius 2 is 1.92 bits per heavy atom. The molecule has 0 unspecified atom stereocenters. The van der Waals surface area contributed by atoms with Gasteiger partial charge in [0.25, 0.3) is 0 Å². The van der Waals surface area contributed by atoms with E-state index in [1.54, 1.807) is 6.92 Å². The maximum atomic E-state index is 12.7. The van der Waals surface area contributed by atoms with Crippen LogP contribution in [0.2, 0.25) is 0 Å². The second kappa shape index (κ2) is 3.70. The maximum absolute atomic E-state index is 12.7. The molecule has 0 amide bonds. The average molecular weight is 187 g/mol. The third-order valence-corrected chi connectivity index (χ3v) is 1.91. The molecule has 0 aromatic heterocycles. The summed E-state index contributed by atoms with van der Waals surface area (Å²) in [5.74, 6) is -2.35. The van der Waals surface area contributed by atoms with Gasteiger partial charge in [0.2, 0.25) is 0 Å². The molecule has 0 aliphatic rings. The summed E-state index contributed by atoms with van der Waals surface area (Å²) in [5, 5.41) is 9.23. The molecule has 1 aromatic rings. The number of hydrogen-bond acceptors (Lipinski definition) is 2. The van der Waals surface area contributed by atoms with Crippen molar-refractivity contribution in [2.24, 2.45) is 5.73 Å². The molecule has 0 bridgehead atoms. The SMILES string of the molecule is CC[C@@H](N)c1cc(F)c(F)cc1O. The third kappa shape index (κ3) is 1.95. The molecule has 13 heavy (non-hydrogen) atoms. The molecule has 2 nitrogen and oxygen atoms in total. The zero-order valence-electron chi connectivity index (χ0n) is 7.22. The van der Waals surface area contributed by atoms with Gasteiger partial charge in [0.15, 0.2) is 11.6 Å². The van der Waals surface area contributed by atoms with E-state index in [1.165, 1.54) is 0 Å². The van der Waals surface area contributed by atoms with Crippen molar-refractivity contribution in [2.75, 3.05) is 0 Å². The van der Waals surface area contributed by atoms with E-state index in [2.05, 4.69) is 0 Å². The van der Waals surface area contributed by atoms with Gasteiger partial charge in [-0.3, -0.25) is 0 Å². The van der Waals surface area contributed by atoms with E-state index < -0.39 is 17.7 Å². The van der Waals surface area contributed by atoms with E-state index in [0.717, 1.165) is 12.1 Å².